The number of aliphatic imine (C=N–C) groups is 1. The maximum Gasteiger partial charge on any atom is 0.270 e. The first kappa shape index (κ1) is 19.7. The number of carbonyl (C=O) groups excluding carboxylic acids is 1. The minimum absolute atomic E-state index is 0.0918. The monoisotopic (exact) mass is 369 g/mol. The number of aromatic nitrogens is 1. The molecule has 3 heterocycles. The summed E-state index contributed by atoms with van der Waals surface area (Å²) in [5.41, 5.74) is 4.53. The molecule has 2 aliphatic heterocycles. The largest absolute Gasteiger partial charge is 0.347 e. The van der Waals surface area contributed by atoms with Crippen molar-refractivity contribution in [2.45, 2.75) is 40.2 Å². The second kappa shape index (κ2) is 8.76. The molecule has 1 aromatic rings. The highest BCUT2D eigenvalue weighted by atomic mass is 16.1. The van der Waals surface area contributed by atoms with Crippen molar-refractivity contribution in [3.63, 3.8) is 0 Å². The van der Waals surface area contributed by atoms with Gasteiger partial charge in [-0.15, -0.1) is 0 Å². The summed E-state index contributed by atoms with van der Waals surface area (Å²) in [6, 6.07) is 5.73. The standard InChI is InChI=1S/C21H31N5O/c1-5-25-9-11-26(12-10-25)14-16(3)23-21(27)20-8-6-7-19(24-20)18-13-15(2)22-17(18)4/h6-8,16H,5,9-14H2,1-4H3,(H,23,27)/t16-/m0/s1. The summed E-state index contributed by atoms with van der Waals surface area (Å²) >= 11 is 0. The first-order valence-electron chi connectivity index (χ1n) is 9.93. The molecule has 0 unspecified atom stereocenters. The molecule has 1 aromatic heterocycles. The molecule has 0 saturated carbocycles. The van der Waals surface area contributed by atoms with Crippen molar-refractivity contribution in [2.75, 3.05) is 39.3 Å². The van der Waals surface area contributed by atoms with E-state index in [9.17, 15) is 4.79 Å². The molecule has 1 atom stereocenters. The van der Waals surface area contributed by atoms with Crippen LogP contribution in [0.4, 0.5) is 0 Å². The third-order valence-electron chi connectivity index (χ3n) is 5.34. The van der Waals surface area contributed by atoms with Crippen LogP contribution in [0, 0.1) is 0 Å². The second-order valence-corrected chi connectivity index (χ2v) is 7.61. The molecule has 0 bridgehead atoms. The van der Waals surface area contributed by atoms with Crippen LogP contribution in [-0.4, -0.2) is 71.7 Å². The Morgan fingerprint density at radius 2 is 1.89 bits per heavy atom. The Kier molecular flexibility index (Phi) is 6.39. The summed E-state index contributed by atoms with van der Waals surface area (Å²) in [4.78, 5) is 26.6. The minimum Gasteiger partial charge on any atom is -0.347 e. The summed E-state index contributed by atoms with van der Waals surface area (Å²) in [5.74, 6) is -0.106. The first-order valence-corrected chi connectivity index (χ1v) is 9.93. The fourth-order valence-corrected chi connectivity index (χ4v) is 3.80. The number of nitrogens with one attached hydrogen (secondary N) is 1. The van der Waals surface area contributed by atoms with Crippen LogP contribution >= 0.6 is 0 Å². The maximum atomic E-state index is 12.7. The molecule has 0 spiro atoms. The van der Waals surface area contributed by atoms with Gasteiger partial charge in [-0.3, -0.25) is 14.7 Å². The van der Waals surface area contributed by atoms with E-state index in [0.717, 1.165) is 68.4 Å². The van der Waals surface area contributed by atoms with Gasteiger partial charge in [0.2, 0.25) is 0 Å². The molecule has 1 N–H and O–H groups in total. The van der Waals surface area contributed by atoms with E-state index < -0.39 is 0 Å². The van der Waals surface area contributed by atoms with Crippen LogP contribution in [0.3, 0.4) is 0 Å². The fraction of sp³-hybridized carbons (Fsp3) is 0.571. The molecule has 1 fully saturated rings. The quantitative estimate of drug-likeness (QED) is 0.837. The van der Waals surface area contributed by atoms with Crippen molar-refractivity contribution in [3.05, 3.63) is 35.3 Å². The number of piperazine rings is 1. The van der Waals surface area contributed by atoms with Crippen LogP contribution < -0.4 is 5.32 Å². The molecular weight excluding hydrogens is 338 g/mol. The highest BCUT2D eigenvalue weighted by Gasteiger charge is 2.20. The first-order chi connectivity index (χ1) is 13.0. The van der Waals surface area contributed by atoms with Crippen molar-refractivity contribution in [3.8, 4) is 0 Å². The van der Waals surface area contributed by atoms with E-state index in [4.69, 9.17) is 0 Å². The number of likely N-dealkylation sites (N-methyl/N-ethyl adjacent to an activating group) is 1. The van der Waals surface area contributed by atoms with Gasteiger partial charge in [0.25, 0.3) is 5.91 Å². The lowest BCUT2D eigenvalue weighted by molar-refractivity contribution is 0.0903. The van der Waals surface area contributed by atoms with E-state index >= 15 is 0 Å². The summed E-state index contributed by atoms with van der Waals surface area (Å²) in [7, 11) is 0. The van der Waals surface area contributed by atoms with Crippen molar-refractivity contribution in [1.82, 2.24) is 20.1 Å². The average molecular weight is 370 g/mol. The van der Waals surface area contributed by atoms with Gasteiger partial charge in [0, 0.05) is 62.2 Å². The second-order valence-electron chi connectivity index (χ2n) is 7.61. The van der Waals surface area contributed by atoms with Gasteiger partial charge in [-0.1, -0.05) is 13.0 Å². The molecule has 6 nitrogen and oxygen atoms in total. The number of allylic oxidation sites excluding steroid dienone is 2. The van der Waals surface area contributed by atoms with E-state index in [-0.39, 0.29) is 11.9 Å². The zero-order valence-electron chi connectivity index (χ0n) is 17.0. The lowest BCUT2D eigenvalue weighted by Crippen LogP contribution is -2.50. The number of hydrogen-bond acceptors (Lipinski definition) is 5. The van der Waals surface area contributed by atoms with Gasteiger partial charge in [0.1, 0.15) is 5.69 Å². The smallest absolute Gasteiger partial charge is 0.270 e. The topological polar surface area (TPSA) is 60.8 Å². The lowest BCUT2D eigenvalue weighted by atomic mass is 10.1. The number of amides is 1. The SMILES string of the molecule is CCN1CCN(C[C@H](C)NC(=O)c2cccc(C3=C(C)N=C(C)C3)n2)CC1. The average Bonchev–Trinajstić information content (AvgIpc) is 3.00. The van der Waals surface area contributed by atoms with Crippen molar-refractivity contribution < 1.29 is 4.79 Å². The third-order valence-corrected chi connectivity index (χ3v) is 5.34. The Hall–Kier alpha value is -2.05. The molecule has 0 aromatic carbocycles. The molecule has 2 aliphatic rings. The van der Waals surface area contributed by atoms with Crippen molar-refractivity contribution in [1.29, 1.82) is 0 Å². The predicted octanol–water partition coefficient (Wildman–Crippen LogP) is 2.43. The van der Waals surface area contributed by atoms with E-state index in [1.54, 1.807) is 6.07 Å². The highest BCUT2D eigenvalue weighted by molar-refractivity contribution is 5.98. The maximum absolute atomic E-state index is 12.7. The molecule has 146 valence electrons. The summed E-state index contributed by atoms with van der Waals surface area (Å²) < 4.78 is 0. The zero-order chi connectivity index (χ0) is 19.4. The molecule has 1 saturated heterocycles. The van der Waals surface area contributed by atoms with Gasteiger partial charge in [0.15, 0.2) is 0 Å². The molecule has 0 aliphatic carbocycles. The Labute approximate surface area is 162 Å². The summed E-state index contributed by atoms with van der Waals surface area (Å²) in [5, 5.41) is 3.11. The van der Waals surface area contributed by atoms with E-state index in [1.165, 1.54) is 0 Å². The molecule has 0 radical (unpaired) electrons. The molecular formula is C21H31N5O. The highest BCUT2D eigenvalue weighted by Crippen LogP contribution is 2.27. The minimum atomic E-state index is -0.106. The number of pyridine rings is 1. The van der Waals surface area contributed by atoms with Crippen LogP contribution in [0.5, 0.6) is 0 Å². The Morgan fingerprint density at radius 1 is 1.19 bits per heavy atom. The summed E-state index contributed by atoms with van der Waals surface area (Å²) in [6.45, 7) is 14.6. The number of carbonyl (C=O) groups is 1. The Balaban J connectivity index is 1.57. The predicted molar refractivity (Wildman–Crippen MR) is 110 cm³/mol. The van der Waals surface area contributed by atoms with Gasteiger partial charge in [0.05, 0.1) is 5.69 Å². The van der Waals surface area contributed by atoms with Gasteiger partial charge in [-0.2, -0.15) is 0 Å². The fourth-order valence-electron chi connectivity index (χ4n) is 3.80. The van der Waals surface area contributed by atoms with Crippen LogP contribution in [-0.2, 0) is 0 Å². The van der Waals surface area contributed by atoms with Crippen molar-refractivity contribution >= 4 is 17.2 Å². The van der Waals surface area contributed by atoms with Crippen LogP contribution in [0.15, 0.2) is 28.9 Å². The van der Waals surface area contributed by atoms with Crippen LogP contribution in [0.1, 0.15) is 50.3 Å². The van der Waals surface area contributed by atoms with Crippen LogP contribution in [0.25, 0.3) is 5.57 Å². The zero-order valence-corrected chi connectivity index (χ0v) is 17.0. The number of hydrogen-bond donors (Lipinski definition) is 1. The van der Waals surface area contributed by atoms with Gasteiger partial charge in [-0.05, 0) is 39.4 Å². The normalized spacial score (nSPS) is 19.9. The number of nitrogens with zero attached hydrogens (tertiary/aromatic N) is 4. The molecule has 6 heteroatoms. The van der Waals surface area contributed by atoms with E-state index in [2.05, 4.69) is 38.9 Å². The lowest BCUT2D eigenvalue weighted by Gasteiger charge is -2.35. The molecule has 1 amide bonds. The number of rotatable bonds is 6. The molecule has 3 rings (SSSR count). The Morgan fingerprint density at radius 3 is 2.52 bits per heavy atom. The summed E-state index contributed by atoms with van der Waals surface area (Å²) in [6.07, 6.45) is 0.810. The molecule has 27 heavy (non-hydrogen) atoms. The van der Waals surface area contributed by atoms with Crippen molar-refractivity contribution in [2.24, 2.45) is 4.99 Å². The van der Waals surface area contributed by atoms with Gasteiger partial charge in [-0.25, -0.2) is 4.98 Å². The Bertz CT molecular complexity index is 747. The van der Waals surface area contributed by atoms with E-state index in [1.807, 2.05) is 26.0 Å². The van der Waals surface area contributed by atoms with Crippen LogP contribution in [0.2, 0.25) is 0 Å². The van der Waals surface area contributed by atoms with Gasteiger partial charge >= 0.3 is 0 Å². The van der Waals surface area contributed by atoms with Gasteiger partial charge < -0.3 is 10.2 Å². The van der Waals surface area contributed by atoms with E-state index in [0.29, 0.717) is 5.69 Å². The third kappa shape index (κ3) is 5.02.